The molecule has 1 atom stereocenters. The van der Waals surface area contributed by atoms with Crippen LogP contribution < -0.4 is 5.32 Å². The highest BCUT2D eigenvalue weighted by Gasteiger charge is 2.31. The summed E-state index contributed by atoms with van der Waals surface area (Å²) < 4.78 is 25.9. The predicted molar refractivity (Wildman–Crippen MR) is 82.6 cm³/mol. The Hall–Kier alpha value is -0.650. The van der Waals surface area contributed by atoms with Crippen molar-refractivity contribution in [1.29, 1.82) is 0 Å². The van der Waals surface area contributed by atoms with Gasteiger partial charge in [-0.15, -0.1) is 11.8 Å². The van der Waals surface area contributed by atoms with Crippen LogP contribution in [0.15, 0.2) is 23.1 Å². The fourth-order valence-corrected chi connectivity index (χ4v) is 3.23. The molecule has 0 radical (unpaired) electrons. The van der Waals surface area contributed by atoms with Crippen LogP contribution in [0.2, 0.25) is 0 Å². The summed E-state index contributed by atoms with van der Waals surface area (Å²) in [5, 5.41) is 13.0. The Bertz CT molecular complexity index is 468. The number of rotatable bonds is 9. The van der Waals surface area contributed by atoms with Gasteiger partial charge in [0.15, 0.2) is 11.6 Å². The molecule has 1 aromatic carbocycles. The van der Waals surface area contributed by atoms with Gasteiger partial charge in [-0.1, -0.05) is 6.42 Å². The van der Waals surface area contributed by atoms with E-state index in [1.54, 1.807) is 6.07 Å². The first kappa shape index (κ1) is 16.7. The molecular weight excluding hydrogens is 292 g/mol. The van der Waals surface area contributed by atoms with E-state index in [9.17, 15) is 13.9 Å². The summed E-state index contributed by atoms with van der Waals surface area (Å²) in [6, 6.07) is 4.60. The number of aliphatic hydroxyl groups excluding tert-OH is 1. The molecule has 0 aromatic heterocycles. The normalized spacial score (nSPS) is 17.7. The SMILES string of the molecule is CC(CO)(CCCCSc1ccc(F)c(F)c1)NC1CC1. The van der Waals surface area contributed by atoms with Crippen LogP contribution >= 0.6 is 11.8 Å². The lowest BCUT2D eigenvalue weighted by Crippen LogP contribution is -2.46. The van der Waals surface area contributed by atoms with Gasteiger partial charge in [-0.25, -0.2) is 8.78 Å². The quantitative estimate of drug-likeness (QED) is 0.538. The second kappa shape index (κ2) is 7.56. The summed E-state index contributed by atoms with van der Waals surface area (Å²) in [5.74, 6) is -0.721. The minimum Gasteiger partial charge on any atom is -0.394 e. The number of benzene rings is 1. The van der Waals surface area contributed by atoms with Gasteiger partial charge in [0.1, 0.15) is 0 Å². The van der Waals surface area contributed by atoms with Crippen LogP contribution in [0.25, 0.3) is 0 Å². The lowest BCUT2D eigenvalue weighted by molar-refractivity contribution is 0.161. The van der Waals surface area contributed by atoms with Crippen molar-refractivity contribution < 1.29 is 13.9 Å². The molecule has 1 aliphatic rings. The number of aliphatic hydroxyl groups is 1. The number of unbranched alkanes of at least 4 members (excludes halogenated alkanes) is 1. The maximum absolute atomic E-state index is 13.1. The van der Waals surface area contributed by atoms with Gasteiger partial charge in [0, 0.05) is 16.5 Å². The summed E-state index contributed by atoms with van der Waals surface area (Å²) in [7, 11) is 0. The molecule has 2 nitrogen and oxygen atoms in total. The average molecular weight is 315 g/mol. The largest absolute Gasteiger partial charge is 0.394 e. The van der Waals surface area contributed by atoms with Crippen molar-refractivity contribution in [2.45, 2.75) is 55.5 Å². The molecule has 0 aliphatic heterocycles. The summed E-state index contributed by atoms with van der Waals surface area (Å²) in [6.07, 6.45) is 5.35. The highest BCUT2D eigenvalue weighted by Crippen LogP contribution is 2.26. The number of thioether (sulfide) groups is 1. The number of halogens is 2. The Balaban J connectivity index is 1.65. The number of hydrogen-bond acceptors (Lipinski definition) is 3. The highest BCUT2D eigenvalue weighted by molar-refractivity contribution is 7.99. The molecule has 1 unspecified atom stereocenters. The van der Waals surface area contributed by atoms with Crippen LogP contribution in [0.1, 0.15) is 39.0 Å². The zero-order chi connectivity index (χ0) is 15.3. The van der Waals surface area contributed by atoms with Crippen molar-refractivity contribution in [2.75, 3.05) is 12.4 Å². The Morgan fingerprint density at radius 1 is 1.29 bits per heavy atom. The molecule has 1 aromatic rings. The second-order valence-electron chi connectivity index (χ2n) is 6.02. The first-order valence-electron chi connectivity index (χ1n) is 7.49. The molecule has 2 N–H and O–H groups in total. The molecule has 2 rings (SSSR count). The van der Waals surface area contributed by atoms with E-state index in [-0.39, 0.29) is 12.1 Å². The third-order valence-electron chi connectivity index (χ3n) is 3.76. The van der Waals surface area contributed by atoms with Gasteiger partial charge in [0.05, 0.1) is 6.61 Å². The van der Waals surface area contributed by atoms with Crippen molar-refractivity contribution in [3.8, 4) is 0 Å². The maximum Gasteiger partial charge on any atom is 0.159 e. The fourth-order valence-electron chi connectivity index (χ4n) is 2.29. The topological polar surface area (TPSA) is 32.3 Å². The zero-order valence-corrected chi connectivity index (χ0v) is 13.2. The Kier molecular flexibility index (Phi) is 6.02. The second-order valence-corrected chi connectivity index (χ2v) is 7.19. The van der Waals surface area contributed by atoms with Crippen molar-refractivity contribution in [1.82, 2.24) is 5.32 Å². The zero-order valence-electron chi connectivity index (χ0n) is 12.4. The molecule has 21 heavy (non-hydrogen) atoms. The lowest BCUT2D eigenvalue weighted by Gasteiger charge is -2.29. The van der Waals surface area contributed by atoms with Gasteiger partial charge in [-0.05, 0) is 56.6 Å². The van der Waals surface area contributed by atoms with Crippen molar-refractivity contribution in [2.24, 2.45) is 0 Å². The van der Waals surface area contributed by atoms with E-state index >= 15 is 0 Å². The molecule has 0 spiro atoms. The van der Waals surface area contributed by atoms with Crippen molar-refractivity contribution in [3.63, 3.8) is 0 Å². The van der Waals surface area contributed by atoms with Crippen LogP contribution in [0.4, 0.5) is 8.78 Å². The molecule has 0 saturated heterocycles. The van der Waals surface area contributed by atoms with E-state index in [1.165, 1.54) is 36.7 Å². The first-order chi connectivity index (χ1) is 10.0. The molecular formula is C16H23F2NOS. The minimum absolute atomic E-state index is 0.153. The van der Waals surface area contributed by atoms with E-state index in [2.05, 4.69) is 12.2 Å². The average Bonchev–Trinajstić information content (AvgIpc) is 3.26. The van der Waals surface area contributed by atoms with Crippen LogP contribution in [0.5, 0.6) is 0 Å². The van der Waals surface area contributed by atoms with E-state index in [1.807, 2.05) is 0 Å². The van der Waals surface area contributed by atoms with Crippen LogP contribution in [0, 0.1) is 11.6 Å². The summed E-state index contributed by atoms with van der Waals surface area (Å²) >= 11 is 1.54. The molecule has 0 amide bonds. The summed E-state index contributed by atoms with van der Waals surface area (Å²) in [4.78, 5) is 0.759. The molecule has 1 aliphatic carbocycles. The van der Waals surface area contributed by atoms with E-state index in [4.69, 9.17) is 0 Å². The monoisotopic (exact) mass is 315 g/mol. The lowest BCUT2D eigenvalue weighted by atomic mass is 9.96. The first-order valence-corrected chi connectivity index (χ1v) is 8.47. The van der Waals surface area contributed by atoms with E-state index in [0.29, 0.717) is 6.04 Å². The smallest absolute Gasteiger partial charge is 0.159 e. The molecule has 118 valence electrons. The maximum atomic E-state index is 13.1. The number of hydrogen-bond donors (Lipinski definition) is 2. The molecule has 1 fully saturated rings. The van der Waals surface area contributed by atoms with Crippen LogP contribution in [0.3, 0.4) is 0 Å². The van der Waals surface area contributed by atoms with Gasteiger partial charge in [-0.3, -0.25) is 0 Å². The molecule has 1 saturated carbocycles. The van der Waals surface area contributed by atoms with Crippen molar-refractivity contribution in [3.05, 3.63) is 29.8 Å². The van der Waals surface area contributed by atoms with Gasteiger partial charge >= 0.3 is 0 Å². The Labute approximate surface area is 129 Å². The third-order valence-corrected chi connectivity index (χ3v) is 4.84. The highest BCUT2D eigenvalue weighted by atomic mass is 32.2. The van der Waals surface area contributed by atoms with Gasteiger partial charge in [-0.2, -0.15) is 0 Å². The summed E-state index contributed by atoms with van der Waals surface area (Å²) in [6.45, 7) is 2.22. The van der Waals surface area contributed by atoms with Gasteiger partial charge < -0.3 is 10.4 Å². The van der Waals surface area contributed by atoms with E-state index in [0.717, 1.165) is 29.9 Å². The fraction of sp³-hybridized carbons (Fsp3) is 0.625. The van der Waals surface area contributed by atoms with Gasteiger partial charge in [0.2, 0.25) is 0 Å². The van der Waals surface area contributed by atoms with Crippen molar-refractivity contribution >= 4 is 11.8 Å². The van der Waals surface area contributed by atoms with Crippen LogP contribution in [-0.2, 0) is 0 Å². The molecule has 5 heteroatoms. The standard InChI is InChI=1S/C16H23F2NOS/c1-16(11-20,19-12-4-5-12)8-2-3-9-21-13-6-7-14(17)15(18)10-13/h6-7,10,12,19-20H,2-5,8-9,11H2,1H3. The van der Waals surface area contributed by atoms with Gasteiger partial charge in [0.25, 0.3) is 0 Å². The number of nitrogens with one attached hydrogen (secondary N) is 1. The minimum atomic E-state index is -0.802. The Morgan fingerprint density at radius 3 is 2.67 bits per heavy atom. The van der Waals surface area contributed by atoms with Crippen LogP contribution in [-0.4, -0.2) is 29.0 Å². The molecule has 0 heterocycles. The predicted octanol–water partition coefficient (Wildman–Crippen LogP) is 3.73. The summed E-state index contributed by atoms with van der Waals surface area (Å²) in [5.41, 5.74) is -0.187. The van der Waals surface area contributed by atoms with E-state index < -0.39 is 11.6 Å². The molecule has 0 bridgehead atoms. The third kappa shape index (κ3) is 5.57. The Morgan fingerprint density at radius 2 is 2.05 bits per heavy atom.